The maximum atomic E-state index is 12.1. The summed E-state index contributed by atoms with van der Waals surface area (Å²) in [5.74, 6) is 0. The van der Waals surface area contributed by atoms with Gasteiger partial charge in [-0.1, -0.05) is 15.9 Å². The predicted octanol–water partition coefficient (Wildman–Crippen LogP) is 2.04. The minimum absolute atomic E-state index is 0.123. The molecule has 0 fully saturated rings. The summed E-state index contributed by atoms with van der Waals surface area (Å²) in [5, 5.41) is 0. The van der Waals surface area contributed by atoms with Gasteiger partial charge in [-0.25, -0.2) is 13.1 Å². The first-order valence-electron chi connectivity index (χ1n) is 6.49. The summed E-state index contributed by atoms with van der Waals surface area (Å²) in [5.41, 5.74) is 5.98. The fourth-order valence-corrected chi connectivity index (χ4v) is 3.20. The highest BCUT2D eigenvalue weighted by atomic mass is 79.9. The Morgan fingerprint density at radius 1 is 1.40 bits per heavy atom. The highest BCUT2D eigenvalue weighted by Gasteiger charge is 2.16. The van der Waals surface area contributed by atoms with Crippen LogP contribution in [0.1, 0.15) is 20.3 Å². The Morgan fingerprint density at radius 3 is 2.60 bits per heavy atom. The van der Waals surface area contributed by atoms with Crippen LogP contribution in [-0.2, 0) is 10.0 Å². The van der Waals surface area contributed by atoms with Crippen LogP contribution in [0.2, 0.25) is 0 Å². The van der Waals surface area contributed by atoms with Crippen molar-refractivity contribution in [2.45, 2.75) is 31.2 Å². The Balaban J connectivity index is 2.58. The molecule has 20 heavy (non-hydrogen) atoms. The largest absolute Gasteiger partial charge is 0.398 e. The van der Waals surface area contributed by atoms with E-state index in [-0.39, 0.29) is 10.6 Å². The summed E-state index contributed by atoms with van der Waals surface area (Å²) in [6, 6.07) is 5.20. The Labute approximate surface area is 129 Å². The van der Waals surface area contributed by atoms with Crippen LogP contribution in [0.25, 0.3) is 0 Å². The molecule has 5 nitrogen and oxygen atoms in total. The molecule has 0 atom stereocenters. The van der Waals surface area contributed by atoms with Gasteiger partial charge in [-0.15, -0.1) is 0 Å². The van der Waals surface area contributed by atoms with Gasteiger partial charge in [0.2, 0.25) is 10.0 Å². The average molecular weight is 364 g/mol. The molecule has 114 valence electrons. The van der Waals surface area contributed by atoms with E-state index in [9.17, 15) is 8.42 Å². The number of sulfonamides is 1. The van der Waals surface area contributed by atoms with Gasteiger partial charge in [-0.05, 0) is 52.1 Å². The third kappa shape index (κ3) is 5.05. The lowest BCUT2D eigenvalue weighted by molar-refractivity contribution is 0.271. The molecule has 0 aliphatic carbocycles. The van der Waals surface area contributed by atoms with Crippen LogP contribution >= 0.6 is 15.9 Å². The van der Waals surface area contributed by atoms with Crippen molar-refractivity contribution in [1.82, 2.24) is 9.62 Å². The Hall–Kier alpha value is -0.630. The molecule has 1 aromatic carbocycles. The predicted molar refractivity (Wildman–Crippen MR) is 86.1 cm³/mol. The molecule has 0 unspecified atom stereocenters. The lowest BCUT2D eigenvalue weighted by atomic mass is 10.3. The Bertz CT molecular complexity index is 547. The topological polar surface area (TPSA) is 75.4 Å². The average Bonchev–Trinajstić information content (AvgIpc) is 2.33. The maximum absolute atomic E-state index is 12.1. The summed E-state index contributed by atoms with van der Waals surface area (Å²) in [6.07, 6.45) is 0.754. The number of hydrogen-bond acceptors (Lipinski definition) is 4. The van der Waals surface area contributed by atoms with Gasteiger partial charge in [0.1, 0.15) is 4.90 Å². The van der Waals surface area contributed by atoms with E-state index in [1.165, 1.54) is 6.07 Å². The molecule has 0 amide bonds. The molecule has 0 heterocycles. The second-order valence-corrected chi connectivity index (χ2v) is 7.66. The van der Waals surface area contributed by atoms with E-state index in [1.807, 2.05) is 7.05 Å². The number of nitrogens with two attached hydrogens (primary N) is 1. The highest BCUT2D eigenvalue weighted by molar-refractivity contribution is 9.10. The third-order valence-corrected chi connectivity index (χ3v) is 5.15. The first-order valence-corrected chi connectivity index (χ1v) is 8.76. The minimum Gasteiger partial charge on any atom is -0.398 e. The van der Waals surface area contributed by atoms with Gasteiger partial charge in [0.15, 0.2) is 0 Å². The molecule has 0 aliphatic heterocycles. The van der Waals surface area contributed by atoms with Crippen LogP contribution in [0.4, 0.5) is 5.69 Å². The SMILES string of the molecule is CC(C)N(C)CCCNS(=O)(=O)c1ccc(Br)cc1N. The van der Waals surface area contributed by atoms with Gasteiger partial charge in [0.25, 0.3) is 0 Å². The molecule has 3 N–H and O–H groups in total. The monoisotopic (exact) mass is 363 g/mol. The van der Waals surface area contributed by atoms with Crippen molar-refractivity contribution < 1.29 is 8.42 Å². The first-order chi connectivity index (χ1) is 9.24. The number of halogens is 1. The summed E-state index contributed by atoms with van der Waals surface area (Å²) >= 11 is 3.26. The smallest absolute Gasteiger partial charge is 0.242 e. The Kier molecular flexibility index (Phi) is 6.44. The fourth-order valence-electron chi connectivity index (χ4n) is 1.63. The van der Waals surface area contributed by atoms with Crippen LogP contribution in [-0.4, -0.2) is 39.5 Å². The molecule has 0 aromatic heterocycles. The summed E-state index contributed by atoms with van der Waals surface area (Å²) < 4.78 is 27.6. The lowest BCUT2D eigenvalue weighted by Gasteiger charge is -2.20. The normalized spacial score (nSPS) is 12.3. The quantitative estimate of drug-likeness (QED) is 0.574. The van der Waals surface area contributed by atoms with Crippen molar-refractivity contribution in [3.63, 3.8) is 0 Å². The van der Waals surface area contributed by atoms with Gasteiger partial charge in [0.05, 0.1) is 5.69 Å². The molecule has 0 spiro atoms. The standard InChI is InChI=1S/C13H22BrN3O2S/c1-10(2)17(3)8-4-7-16-20(18,19)13-6-5-11(14)9-12(13)15/h5-6,9-10,16H,4,7-8,15H2,1-3H3. The summed E-state index contributed by atoms with van der Waals surface area (Å²) in [6.45, 7) is 5.45. The molecule has 0 saturated heterocycles. The van der Waals surface area contributed by atoms with Crippen LogP contribution in [0.5, 0.6) is 0 Å². The molecule has 0 aliphatic rings. The van der Waals surface area contributed by atoms with Crippen molar-refractivity contribution in [2.75, 3.05) is 25.9 Å². The number of nitrogen functional groups attached to an aromatic ring is 1. The molecule has 7 heteroatoms. The zero-order chi connectivity index (χ0) is 15.3. The zero-order valence-electron chi connectivity index (χ0n) is 12.1. The number of nitrogens with zero attached hydrogens (tertiary/aromatic N) is 1. The lowest BCUT2D eigenvalue weighted by Crippen LogP contribution is -2.31. The van der Waals surface area contributed by atoms with Gasteiger partial charge < -0.3 is 10.6 Å². The van der Waals surface area contributed by atoms with E-state index in [4.69, 9.17) is 5.73 Å². The zero-order valence-corrected chi connectivity index (χ0v) is 14.5. The third-order valence-electron chi connectivity index (χ3n) is 3.12. The number of rotatable bonds is 7. The van der Waals surface area contributed by atoms with Crippen LogP contribution < -0.4 is 10.5 Å². The van der Waals surface area contributed by atoms with Crippen molar-refractivity contribution in [1.29, 1.82) is 0 Å². The number of benzene rings is 1. The van der Waals surface area contributed by atoms with E-state index < -0.39 is 10.0 Å². The molecular formula is C13H22BrN3O2S. The number of nitrogens with one attached hydrogen (secondary N) is 1. The molecule has 0 radical (unpaired) electrons. The van der Waals surface area contributed by atoms with Crippen LogP contribution in [0, 0.1) is 0 Å². The van der Waals surface area contributed by atoms with E-state index >= 15 is 0 Å². The maximum Gasteiger partial charge on any atom is 0.242 e. The first kappa shape index (κ1) is 17.4. The summed E-state index contributed by atoms with van der Waals surface area (Å²) in [7, 11) is -1.52. The van der Waals surface area contributed by atoms with Gasteiger partial charge in [-0.3, -0.25) is 0 Å². The van der Waals surface area contributed by atoms with E-state index in [0.717, 1.165) is 17.4 Å². The second-order valence-electron chi connectivity index (χ2n) is 5.01. The number of anilines is 1. The van der Waals surface area contributed by atoms with Gasteiger partial charge in [0, 0.05) is 17.1 Å². The molecular weight excluding hydrogens is 342 g/mol. The van der Waals surface area contributed by atoms with Crippen molar-refractivity contribution in [3.05, 3.63) is 22.7 Å². The molecule has 0 saturated carbocycles. The second kappa shape index (κ2) is 7.40. The fraction of sp³-hybridized carbons (Fsp3) is 0.538. The molecule has 0 bridgehead atoms. The van der Waals surface area contributed by atoms with Crippen molar-refractivity contribution >= 4 is 31.6 Å². The van der Waals surface area contributed by atoms with Gasteiger partial charge >= 0.3 is 0 Å². The van der Waals surface area contributed by atoms with E-state index in [0.29, 0.717) is 12.6 Å². The van der Waals surface area contributed by atoms with Crippen LogP contribution in [0.15, 0.2) is 27.6 Å². The molecule has 1 aromatic rings. The highest BCUT2D eigenvalue weighted by Crippen LogP contribution is 2.22. The minimum atomic E-state index is -3.54. The molecule has 1 rings (SSSR count). The van der Waals surface area contributed by atoms with E-state index in [1.54, 1.807) is 12.1 Å². The van der Waals surface area contributed by atoms with Gasteiger partial charge in [-0.2, -0.15) is 0 Å². The van der Waals surface area contributed by atoms with Crippen molar-refractivity contribution in [3.8, 4) is 0 Å². The van der Waals surface area contributed by atoms with Crippen molar-refractivity contribution in [2.24, 2.45) is 0 Å². The number of hydrogen-bond donors (Lipinski definition) is 2. The van der Waals surface area contributed by atoms with E-state index in [2.05, 4.69) is 39.4 Å². The van der Waals surface area contributed by atoms with Crippen LogP contribution in [0.3, 0.4) is 0 Å². The summed E-state index contributed by atoms with van der Waals surface area (Å²) in [4.78, 5) is 2.29. The Morgan fingerprint density at radius 2 is 2.05 bits per heavy atom.